The minimum Gasteiger partial charge on any atom is -0.494 e. The molecule has 0 aromatic heterocycles. The number of hydrogen-bond donors (Lipinski definition) is 0. The molecule has 0 heterocycles. The molecular formula is C16H20O3. The summed E-state index contributed by atoms with van der Waals surface area (Å²) >= 11 is 0. The van der Waals surface area contributed by atoms with Crippen LogP contribution in [0.4, 0.5) is 0 Å². The number of carbonyl (C=O) groups is 2. The van der Waals surface area contributed by atoms with Gasteiger partial charge in [-0.2, -0.15) is 0 Å². The van der Waals surface area contributed by atoms with E-state index in [2.05, 4.69) is 6.58 Å². The maximum absolute atomic E-state index is 11.5. The Morgan fingerprint density at radius 1 is 1.21 bits per heavy atom. The van der Waals surface area contributed by atoms with E-state index in [1.165, 1.54) is 13.8 Å². The Morgan fingerprint density at radius 2 is 1.79 bits per heavy atom. The molecule has 1 aromatic carbocycles. The normalized spacial score (nSPS) is 11.9. The monoisotopic (exact) mass is 260 g/mol. The molecule has 0 saturated carbocycles. The zero-order valence-corrected chi connectivity index (χ0v) is 11.5. The van der Waals surface area contributed by atoms with E-state index in [1.54, 1.807) is 6.08 Å². The molecule has 0 bridgehead atoms. The van der Waals surface area contributed by atoms with Crippen LogP contribution < -0.4 is 4.74 Å². The summed E-state index contributed by atoms with van der Waals surface area (Å²) in [5.74, 6) is -0.211. The van der Waals surface area contributed by atoms with Gasteiger partial charge in [0.25, 0.3) is 0 Å². The number of benzene rings is 1. The van der Waals surface area contributed by atoms with Crippen LogP contribution in [0, 0.1) is 11.8 Å². The van der Waals surface area contributed by atoms with E-state index in [4.69, 9.17) is 4.74 Å². The maximum atomic E-state index is 11.5. The molecule has 3 heteroatoms. The molecule has 1 aromatic rings. The van der Waals surface area contributed by atoms with Crippen molar-refractivity contribution in [1.29, 1.82) is 0 Å². The molecule has 0 spiro atoms. The summed E-state index contributed by atoms with van der Waals surface area (Å²) in [6.07, 6.45) is 2.27. The smallest absolute Gasteiger partial charge is 0.140 e. The SMILES string of the molecule is C=C[C@H](CCOc1ccccc1)C(C(C)=O)C(C)=O. The number of hydrogen-bond acceptors (Lipinski definition) is 3. The van der Waals surface area contributed by atoms with E-state index in [9.17, 15) is 9.59 Å². The fourth-order valence-electron chi connectivity index (χ4n) is 2.14. The standard InChI is InChI=1S/C16H20O3/c1-4-14(16(12(2)17)13(3)18)10-11-19-15-8-6-5-7-9-15/h4-9,14,16H,1,10-11H2,2-3H3/t14-/m1/s1. The summed E-state index contributed by atoms with van der Waals surface area (Å²) in [5.41, 5.74) is 0. The van der Waals surface area contributed by atoms with Crippen molar-refractivity contribution in [1.82, 2.24) is 0 Å². The van der Waals surface area contributed by atoms with Crippen molar-refractivity contribution in [2.24, 2.45) is 11.8 Å². The van der Waals surface area contributed by atoms with Gasteiger partial charge in [0.1, 0.15) is 17.3 Å². The van der Waals surface area contributed by atoms with Crippen LogP contribution >= 0.6 is 0 Å². The van der Waals surface area contributed by atoms with E-state index in [0.29, 0.717) is 13.0 Å². The summed E-state index contributed by atoms with van der Waals surface area (Å²) in [5, 5.41) is 0. The van der Waals surface area contributed by atoms with Crippen molar-refractivity contribution in [2.45, 2.75) is 20.3 Å². The van der Waals surface area contributed by atoms with Crippen LogP contribution in [0.1, 0.15) is 20.3 Å². The number of ketones is 2. The van der Waals surface area contributed by atoms with Gasteiger partial charge in [0.15, 0.2) is 0 Å². The Balaban J connectivity index is 2.55. The zero-order chi connectivity index (χ0) is 14.3. The lowest BCUT2D eigenvalue weighted by Crippen LogP contribution is -2.28. The Morgan fingerprint density at radius 3 is 2.26 bits per heavy atom. The predicted octanol–water partition coefficient (Wildman–Crippen LogP) is 3.05. The van der Waals surface area contributed by atoms with Gasteiger partial charge in [-0.05, 0) is 38.3 Å². The lowest BCUT2D eigenvalue weighted by Gasteiger charge is -2.19. The van der Waals surface area contributed by atoms with Gasteiger partial charge in [-0.25, -0.2) is 0 Å². The first-order valence-electron chi connectivity index (χ1n) is 6.37. The second-order valence-corrected chi connectivity index (χ2v) is 4.55. The lowest BCUT2D eigenvalue weighted by atomic mass is 9.84. The molecule has 0 radical (unpaired) electrons. The molecule has 0 aliphatic rings. The van der Waals surface area contributed by atoms with Crippen LogP contribution in [-0.2, 0) is 9.59 Å². The van der Waals surface area contributed by atoms with Crippen LogP contribution in [0.2, 0.25) is 0 Å². The highest BCUT2D eigenvalue weighted by molar-refractivity contribution is 6.00. The van der Waals surface area contributed by atoms with E-state index in [-0.39, 0.29) is 17.5 Å². The second kappa shape index (κ2) is 7.52. The highest BCUT2D eigenvalue weighted by atomic mass is 16.5. The molecule has 1 rings (SSSR count). The predicted molar refractivity (Wildman–Crippen MR) is 75.1 cm³/mol. The molecule has 19 heavy (non-hydrogen) atoms. The number of para-hydroxylation sites is 1. The maximum Gasteiger partial charge on any atom is 0.140 e. The third kappa shape index (κ3) is 4.70. The molecule has 1 atom stereocenters. The minimum atomic E-state index is -0.600. The largest absolute Gasteiger partial charge is 0.494 e. The number of Topliss-reactive ketones (excluding diaryl/α,β-unsaturated/α-hetero) is 2. The third-order valence-electron chi connectivity index (χ3n) is 3.07. The number of rotatable bonds is 8. The van der Waals surface area contributed by atoms with E-state index >= 15 is 0 Å². The number of allylic oxidation sites excluding steroid dienone is 1. The average molecular weight is 260 g/mol. The Labute approximate surface area is 114 Å². The first kappa shape index (κ1) is 15.2. The van der Waals surface area contributed by atoms with Gasteiger partial charge in [-0.3, -0.25) is 9.59 Å². The van der Waals surface area contributed by atoms with Crippen molar-refractivity contribution < 1.29 is 14.3 Å². The highest BCUT2D eigenvalue weighted by Crippen LogP contribution is 2.20. The van der Waals surface area contributed by atoms with Crippen molar-refractivity contribution in [2.75, 3.05) is 6.61 Å². The summed E-state index contributed by atoms with van der Waals surface area (Å²) in [7, 11) is 0. The molecule has 0 aliphatic heterocycles. The third-order valence-corrected chi connectivity index (χ3v) is 3.07. The molecule has 0 saturated heterocycles. The van der Waals surface area contributed by atoms with Gasteiger partial charge >= 0.3 is 0 Å². The quantitative estimate of drug-likeness (QED) is 0.533. The van der Waals surface area contributed by atoms with Gasteiger partial charge in [0, 0.05) is 0 Å². The molecule has 0 fully saturated rings. The topological polar surface area (TPSA) is 43.4 Å². The van der Waals surface area contributed by atoms with Crippen molar-refractivity contribution in [3.05, 3.63) is 43.0 Å². The molecule has 0 N–H and O–H groups in total. The molecule has 3 nitrogen and oxygen atoms in total. The highest BCUT2D eigenvalue weighted by Gasteiger charge is 2.27. The van der Waals surface area contributed by atoms with Gasteiger partial charge < -0.3 is 4.74 Å². The first-order chi connectivity index (χ1) is 9.06. The van der Waals surface area contributed by atoms with E-state index in [0.717, 1.165) is 5.75 Å². The second-order valence-electron chi connectivity index (χ2n) is 4.55. The Hall–Kier alpha value is -1.90. The fraction of sp³-hybridized carbons (Fsp3) is 0.375. The van der Waals surface area contributed by atoms with Gasteiger partial charge in [0.05, 0.1) is 12.5 Å². The molecular weight excluding hydrogens is 240 g/mol. The lowest BCUT2D eigenvalue weighted by molar-refractivity contribution is -0.132. The van der Waals surface area contributed by atoms with Gasteiger partial charge in [-0.15, -0.1) is 6.58 Å². The summed E-state index contributed by atoms with van der Waals surface area (Å²) in [6, 6.07) is 9.45. The van der Waals surface area contributed by atoms with Crippen LogP contribution in [-0.4, -0.2) is 18.2 Å². The number of ether oxygens (including phenoxy) is 1. The fourth-order valence-corrected chi connectivity index (χ4v) is 2.14. The molecule has 0 amide bonds. The molecule has 0 unspecified atom stereocenters. The van der Waals surface area contributed by atoms with Crippen LogP contribution in [0.25, 0.3) is 0 Å². The summed E-state index contributed by atoms with van der Waals surface area (Å²) in [4.78, 5) is 23.0. The van der Waals surface area contributed by atoms with Crippen molar-refractivity contribution >= 4 is 11.6 Å². The van der Waals surface area contributed by atoms with E-state index in [1.807, 2.05) is 30.3 Å². The Kier molecular flexibility index (Phi) is 6.00. The summed E-state index contributed by atoms with van der Waals surface area (Å²) < 4.78 is 5.58. The number of carbonyl (C=O) groups excluding carboxylic acids is 2. The van der Waals surface area contributed by atoms with Crippen LogP contribution in [0.15, 0.2) is 43.0 Å². The van der Waals surface area contributed by atoms with Crippen LogP contribution in [0.3, 0.4) is 0 Å². The molecule has 0 aliphatic carbocycles. The minimum absolute atomic E-state index is 0.114. The molecule has 102 valence electrons. The van der Waals surface area contributed by atoms with Gasteiger partial charge in [0.2, 0.25) is 0 Å². The van der Waals surface area contributed by atoms with E-state index < -0.39 is 5.92 Å². The Bertz CT molecular complexity index is 423. The average Bonchev–Trinajstić information content (AvgIpc) is 2.37. The van der Waals surface area contributed by atoms with Crippen LogP contribution in [0.5, 0.6) is 5.75 Å². The zero-order valence-electron chi connectivity index (χ0n) is 11.5. The van der Waals surface area contributed by atoms with Crippen molar-refractivity contribution in [3.8, 4) is 5.75 Å². The van der Waals surface area contributed by atoms with Crippen molar-refractivity contribution in [3.63, 3.8) is 0 Å². The van der Waals surface area contributed by atoms with Gasteiger partial charge in [-0.1, -0.05) is 24.3 Å². The summed E-state index contributed by atoms with van der Waals surface area (Å²) in [6.45, 7) is 7.06. The first-order valence-corrected chi connectivity index (χ1v) is 6.37.